The van der Waals surface area contributed by atoms with Crippen molar-refractivity contribution in [2.75, 3.05) is 33.3 Å². The summed E-state index contributed by atoms with van der Waals surface area (Å²) in [6, 6.07) is 17.2. The molecule has 1 N–H and O–H groups in total. The van der Waals surface area contributed by atoms with Gasteiger partial charge in [-0.1, -0.05) is 12.1 Å². The van der Waals surface area contributed by atoms with Crippen LogP contribution in [-0.2, 0) is 4.79 Å². The molecule has 0 aliphatic carbocycles. The van der Waals surface area contributed by atoms with Crippen molar-refractivity contribution in [3.63, 3.8) is 0 Å². The molecule has 4 rings (SSSR count). The van der Waals surface area contributed by atoms with Gasteiger partial charge in [-0.05, 0) is 48.9 Å². The third-order valence-electron chi connectivity index (χ3n) is 5.47. The zero-order valence-corrected chi connectivity index (χ0v) is 19.8. The summed E-state index contributed by atoms with van der Waals surface area (Å²) < 4.78 is 27.2. The Balaban J connectivity index is 1.52. The number of carbonyl (C=O) groups is 1. The normalized spacial score (nSPS) is 10.6. The Bertz CT molecular complexity index is 1420. The molecular formula is C27H25NO7. The first-order valence-corrected chi connectivity index (χ1v) is 10.8. The molecule has 180 valence electrons. The Labute approximate surface area is 202 Å². The summed E-state index contributed by atoms with van der Waals surface area (Å²) in [4.78, 5) is 25.6. The smallest absolute Gasteiger partial charge is 0.262 e. The van der Waals surface area contributed by atoms with Crippen molar-refractivity contribution < 1.29 is 28.2 Å². The lowest BCUT2D eigenvalue weighted by Crippen LogP contribution is -2.20. The summed E-state index contributed by atoms with van der Waals surface area (Å²) in [7, 11) is 4.64. The van der Waals surface area contributed by atoms with Crippen LogP contribution in [0.15, 0.2) is 69.9 Å². The highest BCUT2D eigenvalue weighted by Crippen LogP contribution is 2.30. The second kappa shape index (κ2) is 10.2. The number of ether oxygens (including phenoxy) is 4. The third-order valence-corrected chi connectivity index (χ3v) is 5.47. The predicted octanol–water partition coefficient (Wildman–Crippen LogP) is 4.81. The van der Waals surface area contributed by atoms with Crippen LogP contribution in [0.1, 0.15) is 5.76 Å². The fourth-order valence-electron chi connectivity index (χ4n) is 3.71. The third kappa shape index (κ3) is 5.06. The molecule has 1 aromatic heterocycles. The molecule has 1 heterocycles. The molecule has 0 fully saturated rings. The number of methoxy groups -OCH3 is 3. The number of anilines is 1. The molecule has 8 nitrogen and oxygen atoms in total. The van der Waals surface area contributed by atoms with E-state index in [1.165, 1.54) is 14.2 Å². The average Bonchev–Trinajstić information content (AvgIpc) is 2.87. The number of carbonyl (C=O) groups excluding carboxylic acids is 1. The second-order valence-electron chi connectivity index (χ2n) is 7.65. The quantitative estimate of drug-likeness (QED) is 0.391. The highest BCUT2D eigenvalue weighted by molar-refractivity contribution is 5.93. The lowest BCUT2D eigenvalue weighted by atomic mass is 10.0. The van der Waals surface area contributed by atoms with Gasteiger partial charge in [0.15, 0.2) is 6.61 Å². The molecule has 0 spiro atoms. The van der Waals surface area contributed by atoms with Crippen molar-refractivity contribution in [3.8, 4) is 34.1 Å². The molecule has 0 unspecified atom stereocenters. The van der Waals surface area contributed by atoms with Crippen LogP contribution in [0.2, 0.25) is 0 Å². The Hall–Kier alpha value is -4.46. The molecule has 0 bridgehead atoms. The van der Waals surface area contributed by atoms with Crippen LogP contribution in [0.5, 0.6) is 23.0 Å². The lowest BCUT2D eigenvalue weighted by molar-refractivity contribution is -0.118. The highest BCUT2D eigenvalue weighted by Gasteiger charge is 2.15. The highest BCUT2D eigenvalue weighted by atomic mass is 16.5. The Morgan fingerprint density at radius 2 is 1.54 bits per heavy atom. The summed E-state index contributed by atoms with van der Waals surface area (Å²) in [5.74, 6) is 2.26. The predicted molar refractivity (Wildman–Crippen MR) is 133 cm³/mol. The molecular weight excluding hydrogens is 450 g/mol. The van der Waals surface area contributed by atoms with Gasteiger partial charge in [-0.25, -0.2) is 0 Å². The zero-order valence-electron chi connectivity index (χ0n) is 19.8. The molecule has 35 heavy (non-hydrogen) atoms. The lowest BCUT2D eigenvalue weighted by Gasteiger charge is -2.12. The molecule has 0 aliphatic rings. The molecule has 0 aliphatic heterocycles. The van der Waals surface area contributed by atoms with Crippen LogP contribution in [0.3, 0.4) is 0 Å². The van der Waals surface area contributed by atoms with Crippen molar-refractivity contribution in [1.82, 2.24) is 0 Å². The van der Waals surface area contributed by atoms with Gasteiger partial charge in [0.2, 0.25) is 5.43 Å². The maximum Gasteiger partial charge on any atom is 0.262 e. The Kier molecular flexibility index (Phi) is 6.91. The van der Waals surface area contributed by atoms with E-state index in [-0.39, 0.29) is 17.9 Å². The van der Waals surface area contributed by atoms with Crippen molar-refractivity contribution in [3.05, 3.63) is 76.6 Å². The number of aryl methyl sites for hydroxylation is 1. The molecule has 1 amide bonds. The number of rotatable bonds is 8. The van der Waals surface area contributed by atoms with Crippen LogP contribution in [0, 0.1) is 6.92 Å². The minimum Gasteiger partial charge on any atom is -0.497 e. The van der Waals surface area contributed by atoms with E-state index in [1.807, 2.05) is 12.1 Å². The van der Waals surface area contributed by atoms with Gasteiger partial charge in [0.05, 0.1) is 38.0 Å². The van der Waals surface area contributed by atoms with Gasteiger partial charge in [0.25, 0.3) is 5.91 Å². The minimum absolute atomic E-state index is 0.150. The van der Waals surface area contributed by atoms with Crippen molar-refractivity contribution >= 4 is 22.6 Å². The molecule has 0 radical (unpaired) electrons. The maximum atomic E-state index is 13.2. The number of amides is 1. The van der Waals surface area contributed by atoms with Crippen LogP contribution in [-0.4, -0.2) is 33.8 Å². The minimum atomic E-state index is -0.385. The second-order valence-corrected chi connectivity index (χ2v) is 7.65. The first-order valence-electron chi connectivity index (χ1n) is 10.8. The van der Waals surface area contributed by atoms with Crippen molar-refractivity contribution in [2.24, 2.45) is 0 Å². The van der Waals surface area contributed by atoms with Gasteiger partial charge >= 0.3 is 0 Å². The van der Waals surface area contributed by atoms with Gasteiger partial charge in [-0.3, -0.25) is 9.59 Å². The van der Waals surface area contributed by atoms with E-state index < -0.39 is 0 Å². The van der Waals surface area contributed by atoms with Gasteiger partial charge in [0, 0.05) is 12.1 Å². The van der Waals surface area contributed by atoms with Crippen LogP contribution < -0.4 is 29.7 Å². The molecule has 8 heteroatoms. The van der Waals surface area contributed by atoms with E-state index in [9.17, 15) is 9.59 Å². The standard InChI is InChI=1S/C27H25NO7/c1-16-26(17-5-7-18(31-2)8-6-17)27(30)21-11-9-20(14-24(21)35-16)34-15-25(29)28-22-13-19(32-3)10-12-23(22)33-4/h5-14H,15H2,1-4H3,(H,28,29). The summed E-state index contributed by atoms with van der Waals surface area (Å²) in [6.45, 7) is 1.49. The van der Waals surface area contributed by atoms with E-state index in [4.69, 9.17) is 23.4 Å². The van der Waals surface area contributed by atoms with E-state index in [1.54, 1.807) is 62.6 Å². The molecule has 0 atom stereocenters. The van der Waals surface area contributed by atoms with E-state index >= 15 is 0 Å². The van der Waals surface area contributed by atoms with Crippen LogP contribution in [0.25, 0.3) is 22.1 Å². The van der Waals surface area contributed by atoms with E-state index in [2.05, 4.69) is 5.32 Å². The van der Waals surface area contributed by atoms with Gasteiger partial charge in [-0.2, -0.15) is 0 Å². The average molecular weight is 475 g/mol. The van der Waals surface area contributed by atoms with Gasteiger partial charge in [-0.15, -0.1) is 0 Å². The Morgan fingerprint density at radius 3 is 2.23 bits per heavy atom. The molecule has 0 saturated heterocycles. The maximum absolute atomic E-state index is 13.2. The van der Waals surface area contributed by atoms with Crippen molar-refractivity contribution in [2.45, 2.75) is 6.92 Å². The summed E-state index contributed by atoms with van der Waals surface area (Å²) >= 11 is 0. The first-order chi connectivity index (χ1) is 16.9. The molecule has 4 aromatic rings. The van der Waals surface area contributed by atoms with Crippen LogP contribution >= 0.6 is 0 Å². The fourth-order valence-corrected chi connectivity index (χ4v) is 3.71. The topological polar surface area (TPSA) is 96.2 Å². The summed E-state index contributed by atoms with van der Waals surface area (Å²) in [5, 5.41) is 3.16. The number of hydrogen-bond acceptors (Lipinski definition) is 7. The van der Waals surface area contributed by atoms with Crippen molar-refractivity contribution in [1.29, 1.82) is 0 Å². The SMILES string of the molecule is COc1ccc(-c2c(C)oc3cc(OCC(=O)Nc4cc(OC)ccc4OC)ccc3c2=O)cc1. The molecule has 0 saturated carbocycles. The summed E-state index contributed by atoms with van der Waals surface area (Å²) in [6.07, 6.45) is 0. The van der Waals surface area contributed by atoms with E-state index in [0.717, 1.165) is 5.56 Å². The number of benzene rings is 3. The van der Waals surface area contributed by atoms with Gasteiger partial charge in [0.1, 0.15) is 34.3 Å². The van der Waals surface area contributed by atoms with Gasteiger partial charge < -0.3 is 28.7 Å². The zero-order chi connectivity index (χ0) is 24.9. The number of nitrogens with one attached hydrogen (secondary N) is 1. The monoisotopic (exact) mass is 475 g/mol. The number of fused-ring (bicyclic) bond motifs is 1. The molecule has 3 aromatic carbocycles. The number of hydrogen-bond donors (Lipinski definition) is 1. The van der Waals surface area contributed by atoms with E-state index in [0.29, 0.717) is 51.0 Å². The fraction of sp³-hybridized carbons (Fsp3) is 0.185. The first kappa shape index (κ1) is 23.7. The largest absolute Gasteiger partial charge is 0.497 e. The van der Waals surface area contributed by atoms with Crippen LogP contribution in [0.4, 0.5) is 5.69 Å². The Morgan fingerprint density at radius 1 is 0.857 bits per heavy atom. The summed E-state index contributed by atoms with van der Waals surface area (Å²) in [5.41, 5.74) is 1.91.